The van der Waals surface area contributed by atoms with Crippen LogP contribution in [0, 0.1) is 0 Å². The Bertz CT molecular complexity index is 746. The van der Waals surface area contributed by atoms with Crippen molar-refractivity contribution in [3.05, 3.63) is 35.8 Å². The Morgan fingerprint density at radius 2 is 2.16 bits per heavy atom. The van der Waals surface area contributed by atoms with Gasteiger partial charge in [-0.1, -0.05) is 11.6 Å². The second kappa shape index (κ2) is 3.92. The summed E-state index contributed by atoms with van der Waals surface area (Å²) in [5.74, 6) is 2.44. The summed E-state index contributed by atoms with van der Waals surface area (Å²) in [5.41, 5.74) is 0. The van der Waals surface area contributed by atoms with Gasteiger partial charge in [0.05, 0.1) is 6.54 Å². The minimum Gasteiger partial charge on any atom is -0.347 e. The van der Waals surface area contributed by atoms with Gasteiger partial charge in [0.1, 0.15) is 23.1 Å². The van der Waals surface area contributed by atoms with E-state index < -0.39 is 0 Å². The van der Waals surface area contributed by atoms with Crippen molar-refractivity contribution in [2.45, 2.75) is 13.1 Å². The van der Waals surface area contributed by atoms with Crippen LogP contribution in [0.1, 0.15) is 5.82 Å². The first kappa shape index (κ1) is 10.7. The number of hydrogen-bond acceptors (Lipinski definition) is 5. The van der Waals surface area contributed by atoms with Gasteiger partial charge in [-0.05, 0) is 0 Å². The van der Waals surface area contributed by atoms with Crippen LogP contribution in [-0.4, -0.2) is 35.7 Å². The molecule has 0 saturated carbocycles. The first-order valence-corrected chi connectivity index (χ1v) is 6.30. The molecule has 19 heavy (non-hydrogen) atoms. The maximum atomic E-state index is 6.04. The molecule has 1 aliphatic rings. The van der Waals surface area contributed by atoms with Crippen molar-refractivity contribution in [3.8, 4) is 0 Å². The molecular weight excluding hydrogens is 266 g/mol. The number of imidazole rings is 1. The predicted molar refractivity (Wildman–Crippen MR) is 69.1 cm³/mol. The molecule has 0 radical (unpaired) electrons. The Balaban J connectivity index is 1.81. The Morgan fingerprint density at radius 1 is 1.21 bits per heavy atom. The topological polar surface area (TPSA) is 64.1 Å². The monoisotopic (exact) mass is 275 g/mol. The third-order valence-corrected chi connectivity index (χ3v) is 3.46. The molecule has 4 heterocycles. The molecule has 0 aromatic carbocycles. The number of nitrogens with zero attached hydrogens (tertiary/aromatic N) is 7. The molecule has 96 valence electrons. The lowest BCUT2D eigenvalue weighted by molar-refractivity contribution is 0.552. The van der Waals surface area contributed by atoms with E-state index in [0.29, 0.717) is 10.9 Å². The van der Waals surface area contributed by atoms with E-state index in [1.165, 1.54) is 6.33 Å². The van der Waals surface area contributed by atoms with Crippen LogP contribution in [-0.2, 0) is 13.1 Å². The molecular formula is C11H10ClN7. The van der Waals surface area contributed by atoms with Gasteiger partial charge in [-0.15, -0.1) is 0 Å². The van der Waals surface area contributed by atoms with Crippen LogP contribution < -0.4 is 4.90 Å². The molecule has 0 spiro atoms. The molecule has 0 bridgehead atoms. The summed E-state index contributed by atoms with van der Waals surface area (Å²) >= 11 is 6.04. The molecule has 3 aromatic rings. The normalized spacial score (nSPS) is 14.9. The van der Waals surface area contributed by atoms with Gasteiger partial charge in [0.2, 0.25) is 0 Å². The van der Waals surface area contributed by atoms with Crippen molar-refractivity contribution in [1.82, 2.24) is 29.1 Å². The smallest absolute Gasteiger partial charge is 0.255 e. The zero-order chi connectivity index (χ0) is 12.8. The number of hydrogen-bond donors (Lipinski definition) is 0. The molecule has 0 N–H and O–H groups in total. The summed E-state index contributed by atoms with van der Waals surface area (Å²) in [6, 6.07) is 1.81. The molecule has 7 nitrogen and oxygen atoms in total. The number of anilines is 1. The quantitative estimate of drug-likeness (QED) is 0.620. The fraction of sp³-hybridized carbons (Fsp3) is 0.273. The van der Waals surface area contributed by atoms with Gasteiger partial charge in [-0.2, -0.15) is 19.6 Å². The van der Waals surface area contributed by atoms with Gasteiger partial charge in [0.25, 0.3) is 5.78 Å². The average molecular weight is 276 g/mol. The van der Waals surface area contributed by atoms with E-state index >= 15 is 0 Å². The summed E-state index contributed by atoms with van der Waals surface area (Å²) in [4.78, 5) is 14.7. The molecule has 0 atom stereocenters. The Labute approximate surface area is 113 Å². The first-order valence-electron chi connectivity index (χ1n) is 5.92. The van der Waals surface area contributed by atoms with Crippen LogP contribution in [0.25, 0.3) is 5.78 Å². The minimum atomic E-state index is 0.421. The average Bonchev–Trinajstić information content (AvgIpc) is 3.04. The summed E-state index contributed by atoms with van der Waals surface area (Å²) < 4.78 is 3.85. The van der Waals surface area contributed by atoms with Crippen molar-refractivity contribution in [2.24, 2.45) is 0 Å². The summed E-state index contributed by atoms with van der Waals surface area (Å²) in [6.07, 6.45) is 5.30. The fourth-order valence-corrected chi connectivity index (χ4v) is 2.54. The number of fused-ring (bicyclic) bond motifs is 2. The van der Waals surface area contributed by atoms with E-state index in [0.717, 1.165) is 31.3 Å². The number of aromatic nitrogens is 6. The van der Waals surface area contributed by atoms with Crippen molar-refractivity contribution in [3.63, 3.8) is 0 Å². The van der Waals surface area contributed by atoms with E-state index in [9.17, 15) is 0 Å². The standard InChI is InChI=1S/C11H10ClN7/c12-8-5-10(19-11(16-8)14-7-15-19)18-4-3-17-2-1-13-9(17)6-18/h1-2,5,7H,3-4,6H2. The predicted octanol–water partition coefficient (Wildman–Crippen LogP) is 0.994. The molecule has 0 amide bonds. The zero-order valence-electron chi connectivity index (χ0n) is 9.94. The molecule has 1 aliphatic heterocycles. The molecule has 0 aliphatic carbocycles. The SMILES string of the molecule is Clc1cc(N2CCn3ccnc3C2)n2ncnc2n1. The van der Waals surface area contributed by atoms with E-state index in [2.05, 4.69) is 29.5 Å². The van der Waals surface area contributed by atoms with Gasteiger partial charge in [0, 0.05) is 31.5 Å². The highest BCUT2D eigenvalue weighted by Gasteiger charge is 2.20. The summed E-state index contributed by atoms with van der Waals surface area (Å²) in [6.45, 7) is 2.49. The highest BCUT2D eigenvalue weighted by molar-refractivity contribution is 6.29. The van der Waals surface area contributed by atoms with Gasteiger partial charge < -0.3 is 9.47 Å². The van der Waals surface area contributed by atoms with E-state index in [1.807, 2.05) is 18.5 Å². The molecule has 0 saturated heterocycles. The fourth-order valence-electron chi connectivity index (χ4n) is 2.36. The highest BCUT2D eigenvalue weighted by Crippen LogP contribution is 2.22. The van der Waals surface area contributed by atoms with Gasteiger partial charge in [-0.3, -0.25) is 0 Å². The van der Waals surface area contributed by atoms with E-state index in [1.54, 1.807) is 4.52 Å². The van der Waals surface area contributed by atoms with Crippen LogP contribution in [0.3, 0.4) is 0 Å². The number of halogens is 1. The van der Waals surface area contributed by atoms with Crippen molar-refractivity contribution in [1.29, 1.82) is 0 Å². The lowest BCUT2D eigenvalue weighted by atomic mass is 10.3. The maximum absolute atomic E-state index is 6.04. The summed E-state index contributed by atoms with van der Waals surface area (Å²) in [7, 11) is 0. The van der Waals surface area contributed by atoms with Crippen LogP contribution >= 0.6 is 11.6 Å². The van der Waals surface area contributed by atoms with E-state index in [4.69, 9.17) is 11.6 Å². The lowest BCUT2D eigenvalue weighted by Gasteiger charge is -2.29. The number of rotatable bonds is 1. The second-order valence-electron chi connectivity index (χ2n) is 4.37. The van der Waals surface area contributed by atoms with Crippen molar-refractivity contribution < 1.29 is 0 Å². The molecule has 4 rings (SSSR count). The van der Waals surface area contributed by atoms with Gasteiger partial charge >= 0.3 is 0 Å². The van der Waals surface area contributed by atoms with E-state index in [-0.39, 0.29) is 0 Å². The highest BCUT2D eigenvalue weighted by atomic mass is 35.5. The lowest BCUT2D eigenvalue weighted by Crippen LogP contribution is -2.35. The maximum Gasteiger partial charge on any atom is 0.255 e. The molecule has 0 unspecified atom stereocenters. The van der Waals surface area contributed by atoms with Crippen LogP contribution in [0.4, 0.5) is 5.82 Å². The second-order valence-corrected chi connectivity index (χ2v) is 4.75. The molecule has 0 fully saturated rings. The van der Waals surface area contributed by atoms with Crippen LogP contribution in [0.5, 0.6) is 0 Å². The first-order chi connectivity index (χ1) is 9.31. The third-order valence-electron chi connectivity index (χ3n) is 3.27. The largest absolute Gasteiger partial charge is 0.347 e. The van der Waals surface area contributed by atoms with Crippen LogP contribution in [0.15, 0.2) is 24.8 Å². The molecule has 3 aromatic heterocycles. The van der Waals surface area contributed by atoms with Crippen molar-refractivity contribution in [2.75, 3.05) is 11.4 Å². The Morgan fingerprint density at radius 3 is 3.11 bits per heavy atom. The zero-order valence-corrected chi connectivity index (χ0v) is 10.7. The molecule has 8 heteroatoms. The van der Waals surface area contributed by atoms with Gasteiger partial charge in [0.15, 0.2) is 0 Å². The Hall–Kier alpha value is -2.15. The third kappa shape index (κ3) is 1.66. The summed E-state index contributed by atoms with van der Waals surface area (Å²) in [5, 5.41) is 4.61. The van der Waals surface area contributed by atoms with Gasteiger partial charge in [-0.25, -0.2) is 4.98 Å². The van der Waals surface area contributed by atoms with Crippen LogP contribution in [0.2, 0.25) is 5.15 Å². The van der Waals surface area contributed by atoms with Crippen molar-refractivity contribution >= 4 is 23.2 Å². The Kier molecular flexibility index (Phi) is 2.22. The minimum absolute atomic E-state index is 0.421.